The van der Waals surface area contributed by atoms with Crippen LogP contribution in [0.1, 0.15) is 13.3 Å². The summed E-state index contributed by atoms with van der Waals surface area (Å²) in [6.07, 6.45) is 1.20. The second-order valence-corrected chi connectivity index (χ2v) is 6.12. The molecular weight excluding hydrogens is 242 g/mol. The average molecular weight is 261 g/mol. The zero-order valence-electron chi connectivity index (χ0n) is 10.9. The highest BCUT2D eigenvalue weighted by Crippen LogP contribution is 2.31. The number of fused-ring (bicyclic) bond motifs is 1. The van der Waals surface area contributed by atoms with Gasteiger partial charge in [0.1, 0.15) is 0 Å². The Morgan fingerprint density at radius 1 is 1.39 bits per heavy atom. The molecule has 1 aromatic carbocycles. The average Bonchev–Trinajstić information content (AvgIpc) is 2.82. The molecule has 3 nitrogen and oxygen atoms in total. The van der Waals surface area contributed by atoms with Crippen molar-refractivity contribution in [1.29, 1.82) is 0 Å². The second kappa shape index (κ2) is 4.86. The van der Waals surface area contributed by atoms with Crippen LogP contribution in [0.2, 0.25) is 0 Å². The molecule has 2 heterocycles. The lowest BCUT2D eigenvalue weighted by molar-refractivity contribution is 0.339. The van der Waals surface area contributed by atoms with Gasteiger partial charge in [-0.15, -0.1) is 0 Å². The summed E-state index contributed by atoms with van der Waals surface area (Å²) >= 11 is 1.80. The molecule has 1 N–H and O–H groups in total. The Morgan fingerprint density at radius 2 is 2.22 bits per heavy atom. The van der Waals surface area contributed by atoms with Crippen molar-refractivity contribution in [2.24, 2.45) is 5.92 Å². The molecule has 96 valence electrons. The normalized spacial score (nSPS) is 24.3. The third kappa shape index (κ3) is 2.10. The van der Waals surface area contributed by atoms with Crippen molar-refractivity contribution in [3.05, 3.63) is 24.3 Å². The maximum Gasteiger partial charge on any atom is 0.186 e. The lowest BCUT2D eigenvalue weighted by atomic mass is 9.94. The van der Waals surface area contributed by atoms with Gasteiger partial charge < -0.3 is 10.2 Å². The van der Waals surface area contributed by atoms with Gasteiger partial charge in [0.25, 0.3) is 0 Å². The summed E-state index contributed by atoms with van der Waals surface area (Å²) in [5, 5.41) is 4.60. The van der Waals surface area contributed by atoms with Crippen LogP contribution < -0.4 is 10.2 Å². The summed E-state index contributed by atoms with van der Waals surface area (Å²) in [4.78, 5) is 7.12. The molecule has 1 aliphatic heterocycles. The number of hydrogen-bond acceptors (Lipinski definition) is 4. The van der Waals surface area contributed by atoms with Crippen LogP contribution in [0, 0.1) is 5.92 Å². The van der Waals surface area contributed by atoms with Crippen molar-refractivity contribution in [3.8, 4) is 0 Å². The summed E-state index contributed by atoms with van der Waals surface area (Å²) in [5.41, 5.74) is 1.12. The van der Waals surface area contributed by atoms with E-state index in [1.807, 2.05) is 0 Å². The minimum Gasteiger partial charge on any atom is -0.348 e. The summed E-state index contributed by atoms with van der Waals surface area (Å²) in [6, 6.07) is 8.98. The second-order valence-electron chi connectivity index (χ2n) is 5.11. The van der Waals surface area contributed by atoms with Gasteiger partial charge in [-0.2, -0.15) is 0 Å². The Bertz CT molecular complexity index is 504. The van der Waals surface area contributed by atoms with Crippen LogP contribution in [0.3, 0.4) is 0 Å². The van der Waals surface area contributed by atoms with E-state index in [1.54, 1.807) is 11.3 Å². The molecule has 0 aliphatic carbocycles. The number of piperidine rings is 1. The van der Waals surface area contributed by atoms with Crippen molar-refractivity contribution >= 4 is 26.7 Å². The van der Waals surface area contributed by atoms with Crippen LogP contribution in [-0.4, -0.2) is 31.2 Å². The van der Waals surface area contributed by atoms with Gasteiger partial charge in [-0.3, -0.25) is 0 Å². The summed E-state index contributed by atoms with van der Waals surface area (Å²) < 4.78 is 1.28. The zero-order valence-corrected chi connectivity index (χ0v) is 11.7. The van der Waals surface area contributed by atoms with Crippen molar-refractivity contribution in [1.82, 2.24) is 10.3 Å². The van der Waals surface area contributed by atoms with Crippen LogP contribution in [0.4, 0.5) is 5.13 Å². The van der Waals surface area contributed by atoms with Crippen molar-refractivity contribution in [3.63, 3.8) is 0 Å². The first-order valence-corrected chi connectivity index (χ1v) is 7.36. The molecular formula is C14H19N3S. The summed E-state index contributed by atoms with van der Waals surface area (Å²) in [5.74, 6) is 0.677. The van der Waals surface area contributed by atoms with Crippen LogP contribution >= 0.6 is 11.3 Å². The SMILES string of the molecule is C[C@H]1CNCC[C@H]1N(C)c1nc2ccccc2s1. The lowest BCUT2D eigenvalue weighted by Crippen LogP contribution is -2.47. The number of para-hydroxylation sites is 1. The molecule has 3 rings (SSSR count). The third-order valence-corrected chi connectivity index (χ3v) is 4.95. The number of aromatic nitrogens is 1. The van der Waals surface area contributed by atoms with Gasteiger partial charge in [0.15, 0.2) is 5.13 Å². The van der Waals surface area contributed by atoms with Crippen molar-refractivity contribution < 1.29 is 0 Å². The molecule has 4 heteroatoms. The zero-order chi connectivity index (χ0) is 12.5. The van der Waals surface area contributed by atoms with Gasteiger partial charge >= 0.3 is 0 Å². The first-order chi connectivity index (χ1) is 8.75. The van der Waals surface area contributed by atoms with E-state index in [-0.39, 0.29) is 0 Å². The molecule has 1 aromatic heterocycles. The highest BCUT2D eigenvalue weighted by atomic mass is 32.1. The molecule has 0 bridgehead atoms. The first-order valence-electron chi connectivity index (χ1n) is 6.55. The summed E-state index contributed by atoms with van der Waals surface area (Å²) in [6.45, 7) is 4.55. The van der Waals surface area contributed by atoms with Crippen LogP contribution in [0.25, 0.3) is 10.2 Å². The van der Waals surface area contributed by atoms with E-state index in [0.717, 1.165) is 23.7 Å². The minimum atomic E-state index is 0.604. The summed E-state index contributed by atoms with van der Waals surface area (Å²) in [7, 11) is 2.18. The predicted molar refractivity (Wildman–Crippen MR) is 78.5 cm³/mol. The Morgan fingerprint density at radius 3 is 3.00 bits per heavy atom. The fourth-order valence-corrected chi connectivity index (χ4v) is 3.71. The highest BCUT2D eigenvalue weighted by Gasteiger charge is 2.26. The molecule has 0 unspecified atom stereocenters. The van der Waals surface area contributed by atoms with Gasteiger partial charge in [0.05, 0.1) is 10.2 Å². The Hall–Kier alpha value is -1.13. The minimum absolute atomic E-state index is 0.604. The lowest BCUT2D eigenvalue weighted by Gasteiger charge is -2.36. The maximum atomic E-state index is 4.75. The molecule has 2 aromatic rings. The number of nitrogens with one attached hydrogen (secondary N) is 1. The predicted octanol–water partition coefficient (Wildman–Crippen LogP) is 2.73. The quantitative estimate of drug-likeness (QED) is 0.901. The smallest absolute Gasteiger partial charge is 0.186 e. The molecule has 0 amide bonds. The Kier molecular flexibility index (Phi) is 3.22. The van der Waals surface area contributed by atoms with Crippen LogP contribution in [0.5, 0.6) is 0 Å². The van der Waals surface area contributed by atoms with E-state index >= 15 is 0 Å². The Labute approximate surface area is 112 Å². The molecule has 0 saturated carbocycles. The number of anilines is 1. The maximum absolute atomic E-state index is 4.75. The molecule has 2 atom stereocenters. The molecule has 0 spiro atoms. The number of hydrogen-bond donors (Lipinski definition) is 1. The van der Waals surface area contributed by atoms with Gasteiger partial charge in [0, 0.05) is 13.1 Å². The van der Waals surface area contributed by atoms with E-state index in [9.17, 15) is 0 Å². The van der Waals surface area contributed by atoms with Crippen LogP contribution in [0.15, 0.2) is 24.3 Å². The largest absolute Gasteiger partial charge is 0.348 e. The number of thiazole rings is 1. The van der Waals surface area contributed by atoms with Gasteiger partial charge in [-0.25, -0.2) is 4.98 Å². The van der Waals surface area contributed by atoms with Gasteiger partial charge in [-0.05, 0) is 37.6 Å². The molecule has 1 aliphatic rings. The molecule has 18 heavy (non-hydrogen) atoms. The van der Waals surface area contributed by atoms with E-state index in [1.165, 1.54) is 11.1 Å². The first kappa shape index (κ1) is 11.9. The number of rotatable bonds is 2. The van der Waals surface area contributed by atoms with E-state index in [0.29, 0.717) is 12.0 Å². The standard InChI is InChI=1S/C14H19N3S/c1-10-9-15-8-7-12(10)17(2)14-16-11-5-3-4-6-13(11)18-14/h3-6,10,12,15H,7-9H2,1-2H3/t10-,12+/m0/s1. The van der Waals surface area contributed by atoms with Gasteiger partial charge in [-0.1, -0.05) is 30.4 Å². The van der Waals surface area contributed by atoms with Crippen LogP contribution in [-0.2, 0) is 0 Å². The number of nitrogens with zero attached hydrogens (tertiary/aromatic N) is 2. The molecule has 1 saturated heterocycles. The number of benzene rings is 1. The van der Waals surface area contributed by atoms with Crippen molar-refractivity contribution in [2.45, 2.75) is 19.4 Å². The van der Waals surface area contributed by atoms with E-state index < -0.39 is 0 Å². The topological polar surface area (TPSA) is 28.2 Å². The monoisotopic (exact) mass is 261 g/mol. The molecule has 0 radical (unpaired) electrons. The van der Waals surface area contributed by atoms with Gasteiger partial charge in [0.2, 0.25) is 0 Å². The highest BCUT2D eigenvalue weighted by molar-refractivity contribution is 7.22. The third-order valence-electron chi connectivity index (χ3n) is 3.82. The van der Waals surface area contributed by atoms with E-state index in [4.69, 9.17) is 4.98 Å². The molecule has 1 fully saturated rings. The van der Waals surface area contributed by atoms with Crippen molar-refractivity contribution in [2.75, 3.05) is 25.0 Å². The van der Waals surface area contributed by atoms with E-state index in [2.05, 4.69) is 48.5 Å². The Balaban J connectivity index is 1.88. The fourth-order valence-electron chi connectivity index (χ4n) is 2.73. The fraction of sp³-hybridized carbons (Fsp3) is 0.500.